The Kier molecular flexibility index (Phi) is 8.13. The molecule has 12 heteroatoms. The zero-order valence-corrected chi connectivity index (χ0v) is 24.4. The molecule has 1 aromatic carbocycles. The average Bonchev–Trinajstić information content (AvgIpc) is 3.67. The van der Waals surface area contributed by atoms with Gasteiger partial charge in [-0.25, -0.2) is 4.98 Å². The number of thiophene rings is 1. The molecule has 5 heterocycles. The second kappa shape index (κ2) is 12.0. The van der Waals surface area contributed by atoms with Gasteiger partial charge in [0.05, 0.1) is 36.2 Å². The van der Waals surface area contributed by atoms with Crippen LogP contribution < -0.4 is 15.5 Å². The summed E-state index contributed by atoms with van der Waals surface area (Å²) in [7, 11) is 1.62. The maximum absolute atomic E-state index is 14.2. The lowest BCUT2D eigenvalue weighted by atomic mass is 9.75. The van der Waals surface area contributed by atoms with Crippen molar-refractivity contribution in [1.82, 2.24) is 20.1 Å². The Morgan fingerprint density at radius 3 is 2.71 bits per heavy atom. The lowest BCUT2D eigenvalue weighted by Crippen LogP contribution is -2.49. The zero-order chi connectivity index (χ0) is 29.3. The third-order valence-electron chi connectivity index (χ3n) is 8.32. The van der Waals surface area contributed by atoms with E-state index < -0.39 is 17.5 Å². The van der Waals surface area contributed by atoms with E-state index in [4.69, 9.17) is 23.7 Å². The van der Waals surface area contributed by atoms with Crippen molar-refractivity contribution < 1.29 is 28.5 Å². The number of carboxylic acid groups (broad SMARTS) is 1. The second-order valence-electron chi connectivity index (χ2n) is 10.7. The number of aliphatic carboxylic acids is 1. The molecule has 2 fully saturated rings. The van der Waals surface area contributed by atoms with Gasteiger partial charge in [-0.3, -0.25) is 14.3 Å². The number of carboxylic acids is 1. The molecule has 1 unspecified atom stereocenters. The van der Waals surface area contributed by atoms with Gasteiger partial charge in [-0.2, -0.15) is 5.10 Å². The van der Waals surface area contributed by atoms with Crippen LogP contribution >= 0.6 is 11.3 Å². The van der Waals surface area contributed by atoms with Crippen LogP contribution in [-0.4, -0.2) is 65.4 Å². The number of nitrogens with one attached hydrogen (secondary N) is 1. The summed E-state index contributed by atoms with van der Waals surface area (Å²) in [6.45, 7) is 4.28. The van der Waals surface area contributed by atoms with Crippen LogP contribution in [0.3, 0.4) is 0 Å². The highest BCUT2D eigenvalue weighted by molar-refractivity contribution is 7.22. The average molecular weight is 595 g/mol. The number of aromatic nitrogens is 3. The molecular weight excluding hydrogens is 560 g/mol. The number of methoxy groups -OCH3 is 1. The van der Waals surface area contributed by atoms with Crippen LogP contribution in [0.5, 0.6) is 5.75 Å². The highest BCUT2D eigenvalue weighted by Crippen LogP contribution is 2.40. The molecule has 0 saturated carbocycles. The summed E-state index contributed by atoms with van der Waals surface area (Å²) in [5, 5.41) is 19.0. The summed E-state index contributed by atoms with van der Waals surface area (Å²) in [5.74, 6) is 0.0334. The van der Waals surface area contributed by atoms with Gasteiger partial charge in [0.2, 0.25) is 11.3 Å². The number of benzene rings is 1. The number of ether oxygens (including phenoxy) is 3. The normalized spacial score (nSPS) is 18.2. The summed E-state index contributed by atoms with van der Waals surface area (Å²) in [4.78, 5) is 32.7. The smallest absolute Gasteiger partial charge is 0.316 e. The van der Waals surface area contributed by atoms with Gasteiger partial charge in [0.15, 0.2) is 0 Å². The number of hydrogen-bond donors (Lipinski definition) is 2. The van der Waals surface area contributed by atoms with Gasteiger partial charge in [0, 0.05) is 18.8 Å². The number of fused-ring (bicyclic) bond motifs is 1. The first-order valence-corrected chi connectivity index (χ1v) is 15.0. The zero-order valence-electron chi connectivity index (χ0n) is 23.6. The summed E-state index contributed by atoms with van der Waals surface area (Å²) in [6, 6.07) is 7.69. The monoisotopic (exact) mass is 594 g/mol. The lowest BCUT2D eigenvalue weighted by Gasteiger charge is -2.33. The fraction of sp³-hybridized carbons (Fsp3) is 0.467. The van der Waals surface area contributed by atoms with Crippen LogP contribution in [0.25, 0.3) is 21.0 Å². The van der Waals surface area contributed by atoms with Gasteiger partial charge in [-0.05, 0) is 57.3 Å². The Morgan fingerprint density at radius 1 is 1.26 bits per heavy atom. The fourth-order valence-electron chi connectivity index (χ4n) is 6.01. The van der Waals surface area contributed by atoms with Crippen LogP contribution in [0.1, 0.15) is 48.6 Å². The number of hydrogen-bond acceptors (Lipinski definition) is 10. The van der Waals surface area contributed by atoms with Crippen LogP contribution in [0.2, 0.25) is 0 Å². The molecule has 2 aliphatic heterocycles. The largest absolute Gasteiger partial charge is 0.496 e. The molecule has 3 aromatic heterocycles. The van der Waals surface area contributed by atoms with Crippen molar-refractivity contribution in [2.75, 3.05) is 33.4 Å². The van der Waals surface area contributed by atoms with Crippen LogP contribution in [-0.2, 0) is 26.2 Å². The van der Waals surface area contributed by atoms with Crippen molar-refractivity contribution in [3.63, 3.8) is 0 Å². The van der Waals surface area contributed by atoms with Crippen molar-refractivity contribution >= 4 is 27.5 Å². The Balaban J connectivity index is 1.55. The van der Waals surface area contributed by atoms with E-state index in [0.717, 1.165) is 18.4 Å². The van der Waals surface area contributed by atoms with Crippen LogP contribution in [0.4, 0.5) is 0 Å². The van der Waals surface area contributed by atoms with E-state index in [1.54, 1.807) is 18.0 Å². The van der Waals surface area contributed by atoms with Crippen LogP contribution in [0, 0.1) is 6.92 Å². The summed E-state index contributed by atoms with van der Waals surface area (Å²) in [5.41, 5.74) is -0.187. The first-order valence-electron chi connectivity index (χ1n) is 14.2. The number of oxazole rings is 1. The first-order chi connectivity index (χ1) is 20.4. The molecule has 2 N–H and O–H groups in total. The SMILES string of the molecule is COc1ccccc1C(Cn1nc(C2(C(=O)O)CCNCC2)c(=O)c2c(C)c(-c3ncco3)sc21)OC1CCOCC1. The third-order valence-corrected chi connectivity index (χ3v) is 9.61. The number of piperidine rings is 1. The van der Waals surface area contributed by atoms with E-state index in [1.165, 1.54) is 17.6 Å². The van der Waals surface area contributed by atoms with Crippen molar-refractivity contribution in [2.24, 2.45) is 0 Å². The minimum absolute atomic E-state index is 0.0364. The number of para-hydroxylation sites is 1. The number of nitrogens with zero attached hydrogens (tertiary/aromatic N) is 3. The molecule has 0 spiro atoms. The number of aryl methyl sites for hydroxylation is 1. The highest BCUT2D eigenvalue weighted by atomic mass is 32.1. The maximum Gasteiger partial charge on any atom is 0.316 e. The first kappa shape index (κ1) is 28.5. The minimum Gasteiger partial charge on any atom is -0.496 e. The molecule has 2 saturated heterocycles. The predicted molar refractivity (Wildman–Crippen MR) is 156 cm³/mol. The third kappa shape index (κ3) is 5.13. The minimum atomic E-state index is -1.41. The predicted octanol–water partition coefficient (Wildman–Crippen LogP) is 4.07. The molecule has 222 valence electrons. The fourth-order valence-corrected chi connectivity index (χ4v) is 7.21. The van der Waals surface area contributed by atoms with E-state index in [2.05, 4.69) is 10.3 Å². The Hall–Kier alpha value is -3.58. The quantitative estimate of drug-likeness (QED) is 0.292. The molecule has 0 radical (unpaired) electrons. The van der Waals surface area contributed by atoms with E-state index in [1.807, 2.05) is 31.2 Å². The summed E-state index contributed by atoms with van der Waals surface area (Å²) >= 11 is 1.36. The standard InChI is InChI=1S/C30H34N4O7S/c1-18-23-24(35)26(30(29(36)37)9-11-31-12-10-30)33-34(28(23)42-25(18)27-32-13-16-40-27)17-22(41-19-7-14-39-15-8-19)20-5-3-4-6-21(20)38-2/h3-6,13,16,19,22,31H,7-12,14-15,17H2,1-2H3,(H,36,37). The van der Waals surface area contributed by atoms with Crippen molar-refractivity contribution in [3.05, 3.63) is 63.8 Å². The molecule has 6 rings (SSSR count). The van der Waals surface area contributed by atoms with E-state index in [9.17, 15) is 14.7 Å². The maximum atomic E-state index is 14.2. The van der Waals surface area contributed by atoms with Gasteiger partial charge in [0.1, 0.15) is 34.1 Å². The van der Waals surface area contributed by atoms with Crippen molar-refractivity contribution in [3.8, 4) is 16.5 Å². The van der Waals surface area contributed by atoms with Crippen LogP contribution in [0.15, 0.2) is 45.9 Å². The molecule has 2 aliphatic rings. The second-order valence-corrected chi connectivity index (χ2v) is 11.7. The molecule has 4 aromatic rings. The van der Waals surface area contributed by atoms with Gasteiger partial charge < -0.3 is 29.1 Å². The highest BCUT2D eigenvalue weighted by Gasteiger charge is 2.46. The van der Waals surface area contributed by atoms with E-state index >= 15 is 0 Å². The molecule has 0 bridgehead atoms. The summed E-state index contributed by atoms with van der Waals surface area (Å²) < 4.78 is 25.3. The molecule has 0 amide bonds. The summed E-state index contributed by atoms with van der Waals surface area (Å²) in [6.07, 6.45) is 4.56. The Labute approximate surface area is 246 Å². The molecule has 0 aliphatic carbocycles. The van der Waals surface area contributed by atoms with E-state index in [0.29, 0.717) is 58.6 Å². The number of rotatable bonds is 9. The lowest BCUT2D eigenvalue weighted by molar-refractivity contribution is -0.145. The van der Waals surface area contributed by atoms with Crippen molar-refractivity contribution in [2.45, 2.75) is 56.8 Å². The van der Waals surface area contributed by atoms with Gasteiger partial charge in [-0.15, -0.1) is 11.3 Å². The molecule has 42 heavy (non-hydrogen) atoms. The molecule has 1 atom stereocenters. The Morgan fingerprint density at radius 2 is 2.02 bits per heavy atom. The van der Waals surface area contributed by atoms with Gasteiger partial charge >= 0.3 is 5.97 Å². The van der Waals surface area contributed by atoms with Gasteiger partial charge in [-0.1, -0.05) is 18.2 Å². The van der Waals surface area contributed by atoms with Gasteiger partial charge in [0.25, 0.3) is 0 Å². The Bertz CT molecular complexity index is 1620. The molecular formula is C30H34N4O7S. The van der Waals surface area contributed by atoms with Crippen molar-refractivity contribution in [1.29, 1.82) is 0 Å². The molecule has 11 nitrogen and oxygen atoms in total. The van der Waals surface area contributed by atoms with E-state index in [-0.39, 0.29) is 36.6 Å². The number of carbonyl (C=O) groups is 1. The topological polar surface area (TPSA) is 138 Å².